The highest BCUT2D eigenvalue weighted by Gasteiger charge is 2.29. The van der Waals surface area contributed by atoms with Crippen molar-refractivity contribution in [1.29, 1.82) is 0 Å². The average Bonchev–Trinajstić information content (AvgIpc) is 4.02. The van der Waals surface area contributed by atoms with Crippen molar-refractivity contribution >= 4 is 27.4 Å². The topological polar surface area (TPSA) is 207 Å². The second-order valence-electron chi connectivity index (χ2n) is 16.5. The smallest absolute Gasteiger partial charge is 0.297 e. The second kappa shape index (κ2) is 25.1. The third-order valence-corrected chi connectivity index (χ3v) is 12.9. The van der Waals surface area contributed by atoms with E-state index in [0.29, 0.717) is 37.3 Å². The number of rotatable bonds is 23. The van der Waals surface area contributed by atoms with Crippen molar-refractivity contribution in [2.24, 2.45) is 0 Å². The van der Waals surface area contributed by atoms with Crippen molar-refractivity contribution in [2.45, 2.75) is 82.5 Å². The number of nitrogens with one attached hydrogen (secondary N) is 1. The van der Waals surface area contributed by atoms with Gasteiger partial charge in [-0.2, -0.15) is 18.6 Å². The molecule has 0 saturated heterocycles. The van der Waals surface area contributed by atoms with Gasteiger partial charge in [0.15, 0.2) is 11.6 Å². The van der Waals surface area contributed by atoms with Crippen LogP contribution in [0, 0.1) is 10.1 Å². The normalized spacial score (nSPS) is 12.1. The van der Waals surface area contributed by atoms with E-state index in [1.165, 1.54) is 0 Å². The van der Waals surface area contributed by atoms with Crippen LogP contribution in [0.3, 0.4) is 0 Å². The van der Waals surface area contributed by atoms with Crippen LogP contribution < -0.4 is 5.32 Å². The number of carbonyl (C=O) groups is 2. The zero-order chi connectivity index (χ0) is 50.0. The fourth-order valence-electron chi connectivity index (χ4n) is 7.88. The molecule has 1 N–H and O–H groups in total. The lowest BCUT2D eigenvalue weighted by Crippen LogP contribution is -2.40. The highest BCUT2D eigenvalue weighted by atomic mass is 32.2. The number of non-ortho nitro benzene ring substituents is 1. The maximum Gasteiger partial charge on any atom is 0.297 e. The lowest BCUT2D eigenvalue weighted by atomic mass is 9.99. The average molecular weight is 974 g/mol. The fraction of sp³-hybridized carbons (Fsp3) is 0.241. The zero-order valence-electron chi connectivity index (χ0n) is 39.5. The van der Waals surface area contributed by atoms with E-state index in [1.807, 2.05) is 90.6 Å². The molecule has 0 bridgehead atoms. The number of pyridine rings is 3. The summed E-state index contributed by atoms with van der Waals surface area (Å²) in [4.78, 5) is 49.4. The third kappa shape index (κ3) is 14.6. The Morgan fingerprint density at radius 2 is 1.18 bits per heavy atom. The molecule has 0 fully saturated rings. The molecule has 8 aromatic rings. The Hall–Kier alpha value is -7.86. The van der Waals surface area contributed by atoms with Gasteiger partial charge in [0.25, 0.3) is 15.8 Å². The van der Waals surface area contributed by atoms with Crippen LogP contribution in [0.4, 0.5) is 5.69 Å². The first-order chi connectivity index (χ1) is 34.5. The number of hydrogen-bond acceptors (Lipinski definition) is 13. The van der Waals surface area contributed by atoms with Gasteiger partial charge in [-0.1, -0.05) is 66.7 Å². The van der Waals surface area contributed by atoms with E-state index in [1.54, 1.807) is 59.8 Å². The first-order valence-corrected chi connectivity index (χ1v) is 24.8. The number of nitro benzene ring substituents is 1. The summed E-state index contributed by atoms with van der Waals surface area (Å²) >= 11 is 0. The number of aromatic nitrogens is 7. The first-order valence-electron chi connectivity index (χ1n) is 23.4. The molecule has 2 atom stereocenters. The molecule has 0 spiro atoms. The minimum Gasteiger partial charge on any atom is -0.307 e. The highest BCUT2D eigenvalue weighted by Crippen LogP contribution is 2.24. The number of nitro groups is 1. The third-order valence-electron chi connectivity index (χ3n) is 11.6. The minimum atomic E-state index is -4.39. The lowest BCUT2D eigenvalue weighted by Gasteiger charge is -2.18. The molecule has 17 heteroatoms. The molecule has 0 aliphatic carbocycles. The molecular weight excluding hydrogens is 919 g/mol. The monoisotopic (exact) mass is 973 g/mol. The largest absolute Gasteiger partial charge is 0.307 e. The molecule has 5 heterocycles. The summed E-state index contributed by atoms with van der Waals surface area (Å²) in [7, 11) is -4.39. The summed E-state index contributed by atoms with van der Waals surface area (Å²) in [5.74, 6) is -0.261. The van der Waals surface area contributed by atoms with Gasteiger partial charge in [-0.15, -0.1) is 0 Å². The summed E-state index contributed by atoms with van der Waals surface area (Å²) in [5, 5.41) is 23.7. The standard InChI is InChI=1S/C28H31N5O.C26H24N4O6S/c1-2-33-25(20-26(32-33)23-13-17-29-18-14-23)21-28(34)27(19-22-9-4-3-5-10-22)31-16-8-12-24-11-6-7-15-30-24;1-2-29-22(17-24(28-29)20-12-14-27-15-13-20)18-25(31)26(16-19-6-4-3-5-7-19)36-37(34,35)23-10-8-21(9-11-23)30(32)33/h3-7,9-11,13-15,17-18,20,27,31H,2,8,12,16,19,21H2,1H3;3-15,17,26H,2,16,18H2,1H3/t27-;26-/m01/s1. The minimum absolute atomic E-state index is 0.0311. The molecule has 16 nitrogen and oxygen atoms in total. The van der Waals surface area contributed by atoms with E-state index >= 15 is 0 Å². The Morgan fingerprint density at radius 3 is 1.69 bits per heavy atom. The van der Waals surface area contributed by atoms with Gasteiger partial charge in [0.1, 0.15) is 6.10 Å². The van der Waals surface area contributed by atoms with Gasteiger partial charge in [-0.25, -0.2) is 0 Å². The van der Waals surface area contributed by atoms with Crippen LogP contribution in [0.1, 0.15) is 48.5 Å². The number of Topliss-reactive ketones (excluding diaryl/α,β-unsaturated/α-hetero) is 2. The van der Waals surface area contributed by atoms with E-state index in [9.17, 15) is 28.1 Å². The van der Waals surface area contributed by atoms with Crippen LogP contribution in [0.2, 0.25) is 0 Å². The van der Waals surface area contributed by atoms with Crippen LogP contribution in [-0.2, 0) is 69.1 Å². The molecule has 0 amide bonds. The van der Waals surface area contributed by atoms with Crippen LogP contribution in [-0.4, -0.2) is 78.1 Å². The van der Waals surface area contributed by atoms with Gasteiger partial charge in [-0.05, 0) is 111 Å². The molecule has 5 aromatic heterocycles. The molecule has 71 heavy (non-hydrogen) atoms. The second-order valence-corrected chi connectivity index (χ2v) is 18.1. The maximum atomic E-state index is 13.5. The van der Waals surface area contributed by atoms with Gasteiger partial charge >= 0.3 is 0 Å². The molecule has 8 rings (SSSR count). The van der Waals surface area contributed by atoms with Crippen molar-refractivity contribution in [2.75, 3.05) is 6.54 Å². The van der Waals surface area contributed by atoms with Crippen molar-refractivity contribution in [3.63, 3.8) is 0 Å². The van der Waals surface area contributed by atoms with Crippen LogP contribution >= 0.6 is 0 Å². The molecule has 0 unspecified atom stereocenters. The van der Waals surface area contributed by atoms with Crippen LogP contribution in [0.5, 0.6) is 0 Å². The maximum absolute atomic E-state index is 13.5. The molecule has 3 aromatic carbocycles. The van der Waals surface area contributed by atoms with Gasteiger partial charge in [0.2, 0.25) is 0 Å². The number of ketones is 2. The van der Waals surface area contributed by atoms with Gasteiger partial charge in [0.05, 0.1) is 40.1 Å². The predicted molar refractivity (Wildman–Crippen MR) is 269 cm³/mol. The Kier molecular flexibility index (Phi) is 18.1. The highest BCUT2D eigenvalue weighted by molar-refractivity contribution is 7.86. The Morgan fingerprint density at radius 1 is 0.662 bits per heavy atom. The molecule has 0 saturated carbocycles. The summed E-state index contributed by atoms with van der Waals surface area (Å²) in [6.07, 6.45) is 10.1. The summed E-state index contributed by atoms with van der Waals surface area (Å²) in [6.45, 7) is 5.94. The number of nitrogens with zero attached hydrogens (tertiary/aromatic N) is 8. The van der Waals surface area contributed by atoms with Gasteiger partial charge in [0, 0.05) is 90.8 Å². The van der Waals surface area contributed by atoms with Crippen molar-refractivity contribution < 1.29 is 27.1 Å². The van der Waals surface area contributed by atoms with E-state index in [4.69, 9.17) is 9.28 Å². The number of carbonyl (C=O) groups excluding carboxylic acids is 2. The van der Waals surface area contributed by atoms with Gasteiger partial charge in [-0.3, -0.25) is 48.2 Å². The Labute approximate surface area is 413 Å². The van der Waals surface area contributed by atoms with Crippen LogP contribution in [0.15, 0.2) is 175 Å². The molecule has 0 aliphatic rings. The summed E-state index contributed by atoms with van der Waals surface area (Å²) < 4.78 is 35.1. The predicted octanol–water partition coefficient (Wildman–Crippen LogP) is 8.31. The first kappa shape index (κ1) is 51.0. The molecule has 364 valence electrons. The summed E-state index contributed by atoms with van der Waals surface area (Å²) in [6, 6.07) is 40.5. The molecule has 0 aliphatic heterocycles. The van der Waals surface area contributed by atoms with Gasteiger partial charge < -0.3 is 5.32 Å². The van der Waals surface area contributed by atoms with Crippen molar-refractivity contribution in [3.8, 4) is 22.5 Å². The molecular formula is C54H55N9O7S. The SMILES string of the molecule is CCn1nc(-c2ccncc2)cc1CC(=O)[C@@H](Cc1ccccc1)OS(=O)(=O)c1ccc([N+](=O)[O-])cc1.CCn1nc(-c2ccncc2)cc1CC(=O)[C@H](Cc1ccccc1)NCCCc1ccccn1. The Bertz CT molecular complexity index is 3070. The number of aryl methyl sites for hydroxylation is 3. The van der Waals surface area contributed by atoms with E-state index in [2.05, 4.69) is 44.4 Å². The molecule has 0 radical (unpaired) electrons. The number of benzene rings is 3. The fourth-order valence-corrected chi connectivity index (χ4v) is 8.94. The lowest BCUT2D eigenvalue weighted by molar-refractivity contribution is -0.384. The summed E-state index contributed by atoms with van der Waals surface area (Å²) in [5.41, 5.74) is 7.64. The Balaban J connectivity index is 0.000000209. The zero-order valence-corrected chi connectivity index (χ0v) is 40.3. The van der Waals surface area contributed by atoms with E-state index in [-0.39, 0.29) is 35.2 Å². The van der Waals surface area contributed by atoms with Crippen molar-refractivity contribution in [3.05, 3.63) is 209 Å². The van der Waals surface area contributed by atoms with E-state index in [0.717, 1.165) is 83.0 Å². The van der Waals surface area contributed by atoms with E-state index < -0.39 is 26.9 Å². The van der Waals surface area contributed by atoms with Crippen molar-refractivity contribution in [1.82, 2.24) is 39.8 Å². The number of hydrogen-bond donors (Lipinski definition) is 1. The quantitative estimate of drug-likeness (QED) is 0.0277. The van der Waals surface area contributed by atoms with Crippen LogP contribution in [0.25, 0.3) is 22.5 Å².